The second kappa shape index (κ2) is 11.2. The summed E-state index contributed by atoms with van der Waals surface area (Å²) in [6, 6.07) is 0. The molecule has 0 saturated heterocycles. The van der Waals surface area contributed by atoms with Crippen molar-refractivity contribution >= 4 is 0 Å². The molecule has 0 unspecified atom stereocenters. The Hall–Kier alpha value is -0.570. The first-order valence-electron chi connectivity index (χ1n) is 8.54. The molecular weight excluding hydrogens is 355 g/mol. The summed E-state index contributed by atoms with van der Waals surface area (Å²) in [5, 5.41) is 8.97. The van der Waals surface area contributed by atoms with Gasteiger partial charge in [0.25, 0.3) is 6.11 Å². The molecule has 0 atom stereocenters. The fourth-order valence-electron chi connectivity index (χ4n) is 2.12. The summed E-state index contributed by atoms with van der Waals surface area (Å²) in [5.74, 6) is -6.51. The fourth-order valence-corrected chi connectivity index (χ4v) is 2.12. The van der Waals surface area contributed by atoms with Crippen LogP contribution in [0.25, 0.3) is 0 Å². The summed E-state index contributed by atoms with van der Waals surface area (Å²) >= 11 is 0. The van der Waals surface area contributed by atoms with Crippen LogP contribution >= 0.6 is 0 Å². The Morgan fingerprint density at radius 3 is 1.08 bits per heavy atom. The Bertz CT molecular complexity index is 303. The molecule has 0 aromatic carbocycles. The van der Waals surface area contributed by atoms with Crippen LogP contribution in [0.5, 0.6) is 0 Å². The lowest BCUT2D eigenvalue weighted by atomic mass is 10.2. The maximum Gasteiger partial charge on any atom is 0.458 e. The number of unbranched alkanes of at least 4 members (excludes halogenated alkanes) is 3. The van der Waals surface area contributed by atoms with Gasteiger partial charge in [-0.15, -0.1) is 0 Å². The van der Waals surface area contributed by atoms with E-state index < -0.39 is 18.2 Å². The highest BCUT2D eigenvalue weighted by molar-refractivity contribution is 4.81. The molecule has 0 aromatic rings. The highest BCUT2D eigenvalue weighted by Gasteiger charge is 2.67. The van der Waals surface area contributed by atoms with Crippen LogP contribution in [0.3, 0.4) is 0 Å². The highest BCUT2D eigenvalue weighted by atomic mass is 19.4. The Morgan fingerprint density at radius 2 is 0.960 bits per heavy atom. The monoisotopic (exact) mass is 385 g/mol. The standard InChI is InChI=1S/C13H30N.C3F7O/c1-5-8-11-14(4,12-9-6-2)13-10-7-3;4-1(5,2(6,7)8)3(9,10)11/h5-13H2,1-4H3;/q+1;-1. The Balaban J connectivity index is 0. The first-order valence-corrected chi connectivity index (χ1v) is 8.54. The van der Waals surface area contributed by atoms with E-state index in [4.69, 9.17) is 5.11 Å². The maximum atomic E-state index is 11.2. The Labute approximate surface area is 145 Å². The molecule has 0 fully saturated rings. The van der Waals surface area contributed by atoms with Crippen molar-refractivity contribution in [3.63, 3.8) is 0 Å². The van der Waals surface area contributed by atoms with Crippen LogP contribution in [0.2, 0.25) is 0 Å². The van der Waals surface area contributed by atoms with Gasteiger partial charge >= 0.3 is 12.1 Å². The third kappa shape index (κ3) is 10.2. The molecule has 0 amide bonds. The van der Waals surface area contributed by atoms with Gasteiger partial charge in [0.15, 0.2) is 0 Å². The van der Waals surface area contributed by atoms with E-state index in [-0.39, 0.29) is 0 Å². The third-order valence-electron chi connectivity index (χ3n) is 3.88. The number of quaternary nitrogens is 1. The lowest BCUT2D eigenvalue weighted by Gasteiger charge is -2.34. The molecule has 0 bridgehead atoms. The number of hydrogen-bond acceptors (Lipinski definition) is 1. The molecule has 154 valence electrons. The van der Waals surface area contributed by atoms with Gasteiger partial charge < -0.3 is 9.59 Å². The molecule has 0 aromatic heterocycles. The van der Waals surface area contributed by atoms with Gasteiger partial charge in [0.1, 0.15) is 0 Å². The van der Waals surface area contributed by atoms with Gasteiger partial charge in [-0.3, -0.25) is 0 Å². The fraction of sp³-hybridized carbons (Fsp3) is 1.00. The number of hydrogen-bond donors (Lipinski definition) is 0. The highest BCUT2D eigenvalue weighted by Crippen LogP contribution is 2.43. The Morgan fingerprint density at radius 1 is 0.680 bits per heavy atom. The minimum absolute atomic E-state index is 1.32. The molecule has 0 aliphatic rings. The predicted molar refractivity (Wildman–Crippen MR) is 81.5 cm³/mol. The van der Waals surface area contributed by atoms with Gasteiger partial charge in [0.05, 0.1) is 26.7 Å². The number of rotatable bonds is 10. The SMILES string of the molecule is CCCC[N+](C)(CCCC)CCCC.[O-]C(F)(F)C(F)(F)C(F)(F)F. The smallest absolute Gasteiger partial charge is 0.458 e. The molecule has 25 heavy (non-hydrogen) atoms. The summed E-state index contributed by atoms with van der Waals surface area (Å²) < 4.78 is 78.5. The summed E-state index contributed by atoms with van der Waals surface area (Å²) in [7, 11) is 2.45. The van der Waals surface area contributed by atoms with E-state index >= 15 is 0 Å². The lowest BCUT2D eigenvalue weighted by molar-refractivity contribution is -0.910. The van der Waals surface area contributed by atoms with Crippen molar-refractivity contribution in [1.29, 1.82) is 0 Å². The van der Waals surface area contributed by atoms with Gasteiger partial charge in [-0.05, 0) is 19.3 Å². The number of alkyl halides is 7. The molecule has 2 nitrogen and oxygen atoms in total. The molecule has 0 radical (unpaired) electrons. The zero-order valence-electron chi connectivity index (χ0n) is 15.4. The average molecular weight is 385 g/mol. The van der Waals surface area contributed by atoms with Crippen LogP contribution in [0, 0.1) is 0 Å². The topological polar surface area (TPSA) is 23.1 Å². The van der Waals surface area contributed by atoms with E-state index in [0.717, 1.165) is 0 Å². The van der Waals surface area contributed by atoms with Crippen molar-refractivity contribution in [3.8, 4) is 0 Å². The third-order valence-corrected chi connectivity index (χ3v) is 3.88. The first-order chi connectivity index (χ1) is 11.2. The van der Waals surface area contributed by atoms with Gasteiger partial charge in [0.2, 0.25) is 0 Å². The van der Waals surface area contributed by atoms with Gasteiger partial charge in [-0.25, -0.2) is 8.78 Å². The molecule has 9 heteroatoms. The van der Waals surface area contributed by atoms with Gasteiger partial charge in [-0.1, -0.05) is 40.0 Å². The normalized spacial score (nSPS) is 13.4. The zero-order chi connectivity index (χ0) is 20.4. The lowest BCUT2D eigenvalue weighted by Crippen LogP contribution is -2.59. The van der Waals surface area contributed by atoms with E-state index in [0.29, 0.717) is 0 Å². The average Bonchev–Trinajstić information content (AvgIpc) is 2.47. The second-order valence-electron chi connectivity index (χ2n) is 6.44. The van der Waals surface area contributed by atoms with Crippen LogP contribution in [0.4, 0.5) is 30.7 Å². The van der Waals surface area contributed by atoms with Crippen molar-refractivity contribution in [2.24, 2.45) is 0 Å². The van der Waals surface area contributed by atoms with Crippen LogP contribution in [0.15, 0.2) is 0 Å². The zero-order valence-corrected chi connectivity index (χ0v) is 15.4. The minimum Gasteiger partial charge on any atom is -0.793 e. The number of nitrogens with zero attached hydrogens (tertiary/aromatic N) is 1. The van der Waals surface area contributed by atoms with Crippen molar-refractivity contribution in [1.82, 2.24) is 0 Å². The second-order valence-corrected chi connectivity index (χ2v) is 6.44. The maximum absolute atomic E-state index is 11.2. The molecular formula is C16H30F7NO. The quantitative estimate of drug-likeness (QED) is 0.385. The van der Waals surface area contributed by atoms with E-state index in [2.05, 4.69) is 27.8 Å². The van der Waals surface area contributed by atoms with Gasteiger partial charge in [-0.2, -0.15) is 22.0 Å². The van der Waals surface area contributed by atoms with Crippen molar-refractivity contribution < 1.29 is 40.3 Å². The molecule has 0 saturated carbocycles. The molecule has 0 N–H and O–H groups in total. The van der Waals surface area contributed by atoms with Crippen LogP contribution in [-0.4, -0.2) is 49.4 Å². The van der Waals surface area contributed by atoms with Crippen LogP contribution in [-0.2, 0) is 0 Å². The van der Waals surface area contributed by atoms with E-state index in [1.54, 1.807) is 0 Å². The van der Waals surface area contributed by atoms with Crippen LogP contribution < -0.4 is 5.11 Å². The summed E-state index contributed by atoms with van der Waals surface area (Å²) in [4.78, 5) is 0. The molecule has 0 rings (SSSR count). The number of halogens is 7. The van der Waals surface area contributed by atoms with E-state index in [9.17, 15) is 30.7 Å². The summed E-state index contributed by atoms with van der Waals surface area (Å²) in [6.45, 7) is 11.0. The minimum atomic E-state index is -6.52. The molecule has 0 spiro atoms. The predicted octanol–water partition coefficient (Wildman–Crippen LogP) is 4.97. The van der Waals surface area contributed by atoms with Crippen molar-refractivity contribution in [2.75, 3.05) is 26.7 Å². The van der Waals surface area contributed by atoms with Crippen LogP contribution in [0.1, 0.15) is 59.3 Å². The molecule has 0 heterocycles. The first kappa shape index (κ1) is 26.7. The Kier molecular flexibility index (Phi) is 12.0. The van der Waals surface area contributed by atoms with E-state index in [1.807, 2.05) is 0 Å². The van der Waals surface area contributed by atoms with Crippen molar-refractivity contribution in [3.05, 3.63) is 0 Å². The van der Waals surface area contributed by atoms with Crippen molar-refractivity contribution in [2.45, 2.75) is 77.5 Å². The molecule has 0 aliphatic carbocycles. The van der Waals surface area contributed by atoms with E-state index in [1.165, 1.54) is 62.6 Å². The van der Waals surface area contributed by atoms with Gasteiger partial charge in [0, 0.05) is 0 Å². The summed E-state index contributed by atoms with van der Waals surface area (Å²) in [5.41, 5.74) is 0. The largest absolute Gasteiger partial charge is 0.793 e. The summed E-state index contributed by atoms with van der Waals surface area (Å²) in [6.07, 6.45) is -4.65. The molecule has 0 aliphatic heterocycles.